The van der Waals surface area contributed by atoms with Crippen molar-refractivity contribution in [3.05, 3.63) is 16.3 Å². The molecule has 1 aliphatic heterocycles. The summed E-state index contributed by atoms with van der Waals surface area (Å²) in [4.78, 5) is 25.3. The summed E-state index contributed by atoms with van der Waals surface area (Å²) in [6.45, 7) is 11.3. The van der Waals surface area contributed by atoms with Gasteiger partial charge in [0.15, 0.2) is 0 Å². The minimum atomic E-state index is -0.278. The van der Waals surface area contributed by atoms with Crippen LogP contribution in [0.25, 0.3) is 10.2 Å². The van der Waals surface area contributed by atoms with Gasteiger partial charge in [-0.2, -0.15) is 0 Å². The molecule has 0 spiro atoms. The normalized spacial score (nSPS) is 18.0. The molecular weight excluding hydrogens is 336 g/mol. The lowest BCUT2D eigenvalue weighted by Gasteiger charge is -2.23. The van der Waals surface area contributed by atoms with Crippen molar-refractivity contribution in [1.29, 1.82) is 0 Å². The van der Waals surface area contributed by atoms with Gasteiger partial charge in [-0.15, -0.1) is 11.3 Å². The molecule has 0 amide bonds. The fourth-order valence-electron chi connectivity index (χ4n) is 3.52. The van der Waals surface area contributed by atoms with E-state index in [1.54, 1.807) is 0 Å². The molecule has 1 N–H and O–H groups in total. The van der Waals surface area contributed by atoms with E-state index in [1.807, 2.05) is 20.8 Å². The molecule has 2 aromatic heterocycles. The third-order valence-electron chi connectivity index (χ3n) is 4.77. The molecule has 0 bridgehead atoms. The Morgan fingerprint density at radius 1 is 1.36 bits per heavy atom. The molecule has 25 heavy (non-hydrogen) atoms. The third-order valence-corrected chi connectivity index (χ3v) is 5.94. The van der Waals surface area contributed by atoms with Crippen LogP contribution in [0.5, 0.6) is 0 Å². The summed E-state index contributed by atoms with van der Waals surface area (Å²) in [6.07, 6.45) is 2.47. The van der Waals surface area contributed by atoms with Crippen LogP contribution < -0.4 is 5.32 Å². The number of esters is 1. The molecule has 6 nitrogen and oxygen atoms in total. The lowest BCUT2D eigenvalue weighted by Crippen LogP contribution is -2.34. The molecule has 0 aromatic carbocycles. The molecule has 0 aliphatic carbocycles. The lowest BCUT2D eigenvalue weighted by molar-refractivity contribution is 0.0531. The number of aromatic nitrogens is 2. The first-order chi connectivity index (χ1) is 12.0. The quantitative estimate of drug-likeness (QED) is 0.795. The number of nitrogens with zero attached hydrogens (tertiary/aromatic N) is 3. The number of likely N-dealkylation sites (N-methyl/N-ethyl adjacent to an activating group) is 1. The topological polar surface area (TPSA) is 67.3 Å². The van der Waals surface area contributed by atoms with Gasteiger partial charge in [-0.05, 0) is 52.3 Å². The van der Waals surface area contributed by atoms with Gasteiger partial charge < -0.3 is 10.1 Å². The van der Waals surface area contributed by atoms with Gasteiger partial charge in [-0.3, -0.25) is 4.90 Å². The van der Waals surface area contributed by atoms with Crippen molar-refractivity contribution in [3.63, 3.8) is 0 Å². The van der Waals surface area contributed by atoms with Crippen LogP contribution in [0.1, 0.15) is 47.7 Å². The Morgan fingerprint density at radius 3 is 2.88 bits per heavy atom. The fraction of sp³-hybridized carbons (Fsp3) is 0.611. The Morgan fingerprint density at radius 2 is 2.16 bits per heavy atom. The molecule has 136 valence electrons. The van der Waals surface area contributed by atoms with Gasteiger partial charge in [-0.25, -0.2) is 14.8 Å². The Hall–Kier alpha value is -1.73. The SMILES string of the molecule is CCOC(=O)c1sc2nc(C)nc(NCC3CCCN3CC)c2c1C. The summed E-state index contributed by atoms with van der Waals surface area (Å²) >= 11 is 1.39. The molecule has 1 fully saturated rings. The number of likely N-dealkylation sites (tertiary alicyclic amines) is 1. The van der Waals surface area contributed by atoms with E-state index in [4.69, 9.17) is 4.74 Å². The predicted octanol–water partition coefficient (Wildman–Crippen LogP) is 3.38. The monoisotopic (exact) mass is 362 g/mol. The van der Waals surface area contributed by atoms with E-state index in [0.29, 0.717) is 23.4 Å². The molecule has 1 saturated heterocycles. The van der Waals surface area contributed by atoms with Crippen molar-refractivity contribution in [1.82, 2.24) is 14.9 Å². The van der Waals surface area contributed by atoms with E-state index in [1.165, 1.54) is 30.7 Å². The van der Waals surface area contributed by atoms with Crippen LogP contribution in [0, 0.1) is 13.8 Å². The van der Waals surface area contributed by atoms with Gasteiger partial charge in [0.25, 0.3) is 0 Å². The van der Waals surface area contributed by atoms with E-state index in [-0.39, 0.29) is 5.97 Å². The van der Waals surface area contributed by atoms with Crippen LogP contribution in [0.2, 0.25) is 0 Å². The number of ether oxygens (including phenoxy) is 1. The molecule has 1 aliphatic rings. The number of thiophene rings is 1. The van der Waals surface area contributed by atoms with Crippen LogP contribution in [0.4, 0.5) is 5.82 Å². The second-order valence-electron chi connectivity index (χ2n) is 6.38. The van der Waals surface area contributed by atoms with Crippen molar-refractivity contribution in [2.75, 3.05) is 31.6 Å². The molecule has 3 heterocycles. The maximum Gasteiger partial charge on any atom is 0.348 e. The molecule has 7 heteroatoms. The molecule has 1 unspecified atom stereocenters. The van der Waals surface area contributed by atoms with E-state index < -0.39 is 0 Å². The molecule has 2 aromatic rings. The van der Waals surface area contributed by atoms with Crippen LogP contribution >= 0.6 is 11.3 Å². The predicted molar refractivity (Wildman–Crippen MR) is 102 cm³/mol. The molecular formula is C18H26N4O2S. The minimum Gasteiger partial charge on any atom is -0.462 e. The van der Waals surface area contributed by atoms with E-state index in [0.717, 1.165) is 34.7 Å². The maximum absolute atomic E-state index is 12.2. The van der Waals surface area contributed by atoms with Gasteiger partial charge in [0.2, 0.25) is 0 Å². The van der Waals surface area contributed by atoms with Crippen molar-refractivity contribution in [3.8, 4) is 0 Å². The largest absolute Gasteiger partial charge is 0.462 e. The lowest BCUT2D eigenvalue weighted by atomic mass is 10.2. The number of carbonyl (C=O) groups is 1. The van der Waals surface area contributed by atoms with Crippen molar-refractivity contribution in [2.24, 2.45) is 0 Å². The zero-order valence-electron chi connectivity index (χ0n) is 15.4. The van der Waals surface area contributed by atoms with Gasteiger partial charge in [0.05, 0.1) is 12.0 Å². The van der Waals surface area contributed by atoms with Crippen molar-refractivity contribution >= 4 is 33.3 Å². The standard InChI is InChI=1S/C18H26N4O2S/c1-5-22-9-7-8-13(22)10-19-16-14-11(3)15(18(23)24-6-2)25-17(14)21-12(4)20-16/h13H,5-10H2,1-4H3,(H,19,20,21). The minimum absolute atomic E-state index is 0.278. The highest BCUT2D eigenvalue weighted by atomic mass is 32.1. The number of rotatable bonds is 6. The highest BCUT2D eigenvalue weighted by molar-refractivity contribution is 7.20. The summed E-state index contributed by atoms with van der Waals surface area (Å²) in [5.74, 6) is 1.26. The molecule has 3 rings (SSSR count). The first-order valence-corrected chi connectivity index (χ1v) is 9.79. The summed E-state index contributed by atoms with van der Waals surface area (Å²) in [7, 11) is 0. The number of anilines is 1. The first kappa shape index (κ1) is 18.1. The summed E-state index contributed by atoms with van der Waals surface area (Å²) in [5.41, 5.74) is 0.903. The number of fused-ring (bicyclic) bond motifs is 1. The van der Waals surface area contributed by atoms with E-state index in [9.17, 15) is 4.79 Å². The number of carbonyl (C=O) groups excluding carboxylic acids is 1. The third kappa shape index (κ3) is 3.62. The Kier molecular flexibility index (Phi) is 5.54. The average molecular weight is 362 g/mol. The highest BCUT2D eigenvalue weighted by Crippen LogP contribution is 2.34. The number of nitrogens with one attached hydrogen (secondary N) is 1. The molecule has 1 atom stereocenters. The summed E-state index contributed by atoms with van der Waals surface area (Å²) in [5, 5.41) is 4.47. The van der Waals surface area contributed by atoms with E-state index in [2.05, 4.69) is 27.1 Å². The Bertz CT molecular complexity index is 774. The summed E-state index contributed by atoms with van der Waals surface area (Å²) < 4.78 is 5.17. The van der Waals surface area contributed by atoms with Gasteiger partial charge in [-0.1, -0.05) is 6.92 Å². The Labute approximate surface area is 152 Å². The Balaban J connectivity index is 1.90. The zero-order chi connectivity index (χ0) is 18.0. The number of aryl methyl sites for hydroxylation is 2. The fourth-order valence-corrected chi connectivity index (χ4v) is 4.64. The van der Waals surface area contributed by atoms with Gasteiger partial charge >= 0.3 is 5.97 Å². The van der Waals surface area contributed by atoms with E-state index >= 15 is 0 Å². The van der Waals surface area contributed by atoms with Gasteiger partial charge in [0, 0.05) is 12.6 Å². The maximum atomic E-state index is 12.2. The highest BCUT2D eigenvalue weighted by Gasteiger charge is 2.24. The second-order valence-corrected chi connectivity index (χ2v) is 7.38. The van der Waals surface area contributed by atoms with Crippen LogP contribution in [-0.4, -0.2) is 53.1 Å². The zero-order valence-corrected chi connectivity index (χ0v) is 16.2. The van der Waals surface area contributed by atoms with Crippen LogP contribution in [0.15, 0.2) is 0 Å². The number of hydrogen-bond acceptors (Lipinski definition) is 7. The van der Waals surface area contributed by atoms with Gasteiger partial charge in [0.1, 0.15) is 21.3 Å². The van der Waals surface area contributed by atoms with Crippen LogP contribution in [-0.2, 0) is 4.74 Å². The first-order valence-electron chi connectivity index (χ1n) is 8.97. The second kappa shape index (κ2) is 7.66. The number of hydrogen-bond donors (Lipinski definition) is 1. The molecule has 0 radical (unpaired) electrons. The van der Waals surface area contributed by atoms with Crippen molar-refractivity contribution in [2.45, 2.75) is 46.6 Å². The summed E-state index contributed by atoms with van der Waals surface area (Å²) in [6, 6.07) is 0.541. The molecule has 0 saturated carbocycles. The van der Waals surface area contributed by atoms with Crippen molar-refractivity contribution < 1.29 is 9.53 Å². The smallest absolute Gasteiger partial charge is 0.348 e. The van der Waals surface area contributed by atoms with Crippen LogP contribution in [0.3, 0.4) is 0 Å². The average Bonchev–Trinajstić information content (AvgIpc) is 3.17.